The van der Waals surface area contributed by atoms with Crippen molar-refractivity contribution in [2.45, 2.75) is 5.78 Å². The second-order valence-corrected chi connectivity index (χ2v) is 4.95. The maximum absolute atomic E-state index is 11.5. The Kier molecular flexibility index (Phi) is 6.01. The van der Waals surface area contributed by atoms with Crippen molar-refractivity contribution in [3.63, 3.8) is 0 Å². The van der Waals surface area contributed by atoms with Gasteiger partial charge in [-0.2, -0.15) is 4.89 Å². The highest BCUT2D eigenvalue weighted by Gasteiger charge is 2.33. The highest BCUT2D eigenvalue weighted by Crippen LogP contribution is 2.44. The zero-order valence-electron chi connectivity index (χ0n) is 11.9. The number of rotatable bonds is 7. The van der Waals surface area contributed by atoms with Crippen LogP contribution in [0, 0.1) is 0 Å². The van der Waals surface area contributed by atoms with Crippen LogP contribution in [0.25, 0.3) is 0 Å². The third kappa shape index (κ3) is 4.11. The number of hydrogen-bond acceptors (Lipinski definition) is 6. The number of guanidine groups is 1. The summed E-state index contributed by atoms with van der Waals surface area (Å²) in [5.41, 5.74) is 13.2. The van der Waals surface area contributed by atoms with E-state index in [1.807, 2.05) is 0 Å². The fourth-order valence-electron chi connectivity index (χ4n) is 1.65. The van der Waals surface area contributed by atoms with Crippen LogP contribution in [0.3, 0.4) is 0 Å². The SMILES string of the molecule is COc1cc(C(NN=C(N)N)[P+](=O)O)cc(OC)c1OC. The minimum Gasteiger partial charge on any atom is -0.493 e. The summed E-state index contributed by atoms with van der Waals surface area (Å²) in [6.07, 6.45) is 0. The van der Waals surface area contributed by atoms with E-state index in [1.54, 1.807) is 0 Å². The minimum atomic E-state index is -2.65. The Hall–Kier alpha value is -2.25. The van der Waals surface area contributed by atoms with Gasteiger partial charge in [0.15, 0.2) is 11.5 Å². The van der Waals surface area contributed by atoms with Crippen molar-refractivity contribution < 1.29 is 23.7 Å². The molecule has 1 aromatic carbocycles. The lowest BCUT2D eigenvalue weighted by Gasteiger charge is -2.14. The molecular weight excluding hydrogens is 299 g/mol. The molecule has 0 amide bonds. The summed E-state index contributed by atoms with van der Waals surface area (Å²) in [5.74, 6) is -0.224. The molecule has 116 valence electrons. The third-order valence-electron chi connectivity index (χ3n) is 2.54. The van der Waals surface area contributed by atoms with Crippen LogP contribution in [0.1, 0.15) is 11.3 Å². The molecule has 0 saturated heterocycles. The van der Waals surface area contributed by atoms with E-state index in [4.69, 9.17) is 25.7 Å². The van der Waals surface area contributed by atoms with Gasteiger partial charge in [-0.25, -0.2) is 0 Å². The van der Waals surface area contributed by atoms with Gasteiger partial charge in [0.2, 0.25) is 11.7 Å². The van der Waals surface area contributed by atoms with Crippen molar-refractivity contribution in [2.24, 2.45) is 16.6 Å². The van der Waals surface area contributed by atoms with Gasteiger partial charge in [-0.1, -0.05) is 0 Å². The van der Waals surface area contributed by atoms with E-state index in [0.29, 0.717) is 22.8 Å². The molecule has 0 aliphatic carbocycles. The summed E-state index contributed by atoms with van der Waals surface area (Å²) in [7, 11) is 1.70. The first-order chi connectivity index (χ1) is 9.94. The monoisotopic (exact) mass is 317 g/mol. The fourth-order valence-corrected chi connectivity index (χ4v) is 2.21. The fraction of sp³-hybridized carbons (Fsp3) is 0.364. The molecule has 9 nitrogen and oxygen atoms in total. The van der Waals surface area contributed by atoms with Gasteiger partial charge in [0.25, 0.3) is 5.78 Å². The molecule has 0 bridgehead atoms. The number of nitrogens with two attached hydrogens (primary N) is 2. The van der Waals surface area contributed by atoms with E-state index in [1.165, 1.54) is 33.5 Å². The maximum atomic E-state index is 11.5. The molecule has 1 aromatic rings. The van der Waals surface area contributed by atoms with Gasteiger partial charge in [0.05, 0.1) is 21.3 Å². The zero-order chi connectivity index (χ0) is 16.0. The molecule has 1 rings (SSSR count). The summed E-state index contributed by atoms with van der Waals surface area (Å²) in [6, 6.07) is 3.06. The summed E-state index contributed by atoms with van der Waals surface area (Å²) >= 11 is 0. The maximum Gasteiger partial charge on any atom is 0.537 e. The van der Waals surface area contributed by atoms with Crippen molar-refractivity contribution >= 4 is 14.0 Å². The molecule has 0 saturated carbocycles. The summed E-state index contributed by atoms with van der Waals surface area (Å²) in [6.45, 7) is 0. The number of nitrogens with zero attached hydrogens (tertiary/aromatic N) is 1. The molecule has 0 aliphatic rings. The Labute approximate surface area is 122 Å². The van der Waals surface area contributed by atoms with Crippen LogP contribution < -0.4 is 31.1 Å². The Morgan fingerprint density at radius 2 is 1.76 bits per heavy atom. The quantitative estimate of drug-likeness (QED) is 0.242. The lowest BCUT2D eigenvalue weighted by Crippen LogP contribution is -2.27. The molecule has 0 aromatic heterocycles. The van der Waals surface area contributed by atoms with Crippen molar-refractivity contribution in [1.29, 1.82) is 0 Å². The molecule has 0 fully saturated rings. The van der Waals surface area contributed by atoms with Crippen molar-refractivity contribution in [3.8, 4) is 17.2 Å². The van der Waals surface area contributed by atoms with Gasteiger partial charge in [0, 0.05) is 5.56 Å². The lowest BCUT2D eigenvalue weighted by molar-refractivity contribution is 0.323. The molecule has 0 radical (unpaired) electrons. The van der Waals surface area contributed by atoms with E-state index in [9.17, 15) is 9.46 Å². The van der Waals surface area contributed by atoms with Crippen LogP contribution in [-0.4, -0.2) is 32.2 Å². The van der Waals surface area contributed by atoms with Gasteiger partial charge in [-0.3, -0.25) is 5.43 Å². The third-order valence-corrected chi connectivity index (χ3v) is 3.39. The average molecular weight is 317 g/mol. The smallest absolute Gasteiger partial charge is 0.493 e. The lowest BCUT2D eigenvalue weighted by atomic mass is 10.2. The van der Waals surface area contributed by atoms with Crippen LogP contribution in [0.15, 0.2) is 17.2 Å². The van der Waals surface area contributed by atoms with Gasteiger partial charge >= 0.3 is 8.03 Å². The predicted molar refractivity (Wildman–Crippen MR) is 77.6 cm³/mol. The summed E-state index contributed by atoms with van der Waals surface area (Å²) < 4.78 is 27.0. The Morgan fingerprint density at radius 1 is 1.24 bits per heavy atom. The van der Waals surface area contributed by atoms with Crippen LogP contribution in [0.2, 0.25) is 0 Å². The van der Waals surface area contributed by atoms with E-state index < -0.39 is 13.8 Å². The van der Waals surface area contributed by atoms with E-state index in [-0.39, 0.29) is 5.96 Å². The number of nitrogens with one attached hydrogen (secondary N) is 1. The number of hydrogen-bond donors (Lipinski definition) is 4. The number of benzene rings is 1. The first kappa shape index (κ1) is 16.8. The molecule has 0 heterocycles. The predicted octanol–water partition coefficient (Wildman–Crippen LogP) is 0.224. The summed E-state index contributed by atoms with van der Waals surface area (Å²) in [5, 5.41) is 3.54. The second-order valence-electron chi connectivity index (χ2n) is 3.83. The highest BCUT2D eigenvalue weighted by atomic mass is 31.1. The largest absolute Gasteiger partial charge is 0.537 e. The van der Waals surface area contributed by atoms with E-state index >= 15 is 0 Å². The van der Waals surface area contributed by atoms with E-state index in [0.717, 1.165) is 0 Å². The molecule has 2 atom stereocenters. The molecule has 21 heavy (non-hydrogen) atoms. The van der Waals surface area contributed by atoms with Crippen molar-refractivity contribution in [1.82, 2.24) is 5.43 Å². The number of ether oxygens (including phenoxy) is 3. The van der Waals surface area contributed by atoms with Gasteiger partial charge < -0.3 is 25.7 Å². The van der Waals surface area contributed by atoms with Crippen LogP contribution in [-0.2, 0) is 4.57 Å². The summed E-state index contributed by atoms with van der Waals surface area (Å²) in [4.78, 5) is 9.42. The van der Waals surface area contributed by atoms with Gasteiger partial charge in [-0.05, 0) is 16.7 Å². The molecule has 0 aliphatic heterocycles. The Morgan fingerprint density at radius 3 is 2.10 bits per heavy atom. The second kappa shape index (κ2) is 7.51. The minimum absolute atomic E-state index is 0.260. The Bertz CT molecular complexity index is 522. The average Bonchev–Trinajstić information content (AvgIpc) is 2.45. The van der Waals surface area contributed by atoms with Crippen LogP contribution in [0.4, 0.5) is 0 Å². The first-order valence-electron chi connectivity index (χ1n) is 5.73. The Balaban J connectivity index is 3.31. The van der Waals surface area contributed by atoms with Crippen LogP contribution in [0.5, 0.6) is 17.2 Å². The molecule has 6 N–H and O–H groups in total. The topological polar surface area (TPSA) is 141 Å². The number of hydrazone groups is 1. The normalized spacial score (nSPS) is 12.1. The van der Waals surface area contributed by atoms with Crippen molar-refractivity contribution in [3.05, 3.63) is 17.7 Å². The van der Waals surface area contributed by atoms with Crippen LogP contribution >= 0.6 is 8.03 Å². The van der Waals surface area contributed by atoms with Crippen molar-refractivity contribution in [2.75, 3.05) is 21.3 Å². The first-order valence-corrected chi connectivity index (χ1v) is 7.02. The van der Waals surface area contributed by atoms with Gasteiger partial charge in [-0.15, -0.1) is 5.10 Å². The van der Waals surface area contributed by atoms with Gasteiger partial charge in [0.1, 0.15) is 0 Å². The number of methoxy groups -OCH3 is 3. The zero-order valence-corrected chi connectivity index (χ0v) is 12.8. The molecular formula is C11H18N4O5P+. The van der Waals surface area contributed by atoms with E-state index in [2.05, 4.69) is 10.5 Å². The molecule has 10 heteroatoms. The molecule has 2 unspecified atom stereocenters. The standard InChI is InChI=1S/C11H17N4O5P/c1-18-7-4-6(5-8(19-2)9(7)20-3)10(21(16)17)14-15-11(12)13/h4-5,10,14H,1-3H3,(H4-,12,13,15,16,17)/p+1. The highest BCUT2D eigenvalue weighted by molar-refractivity contribution is 7.38. The molecule has 0 spiro atoms.